The van der Waals surface area contributed by atoms with Gasteiger partial charge in [0.25, 0.3) is 5.91 Å². The van der Waals surface area contributed by atoms with Gasteiger partial charge in [0.2, 0.25) is 0 Å². The van der Waals surface area contributed by atoms with E-state index in [1.165, 1.54) is 5.56 Å². The Bertz CT molecular complexity index is 1380. The first-order valence-electron chi connectivity index (χ1n) is 13.1. The van der Waals surface area contributed by atoms with Crippen molar-refractivity contribution in [1.82, 2.24) is 24.9 Å². The maximum atomic E-state index is 13.9. The number of hydrogen-bond acceptors (Lipinski definition) is 4. The van der Waals surface area contributed by atoms with Crippen molar-refractivity contribution >= 4 is 11.7 Å². The summed E-state index contributed by atoms with van der Waals surface area (Å²) in [5, 5.41) is 16.4. The molecule has 0 radical (unpaired) electrons. The lowest BCUT2D eigenvalue weighted by Crippen LogP contribution is -2.46. The lowest BCUT2D eigenvalue weighted by molar-refractivity contribution is 0.0889. The minimum atomic E-state index is -0.550. The van der Waals surface area contributed by atoms with Gasteiger partial charge in [-0.05, 0) is 57.7 Å². The average molecular weight is 497 g/mol. The molecule has 1 aliphatic rings. The van der Waals surface area contributed by atoms with E-state index in [1.54, 1.807) is 6.20 Å². The molecule has 192 valence electrons. The predicted octanol–water partition coefficient (Wildman–Crippen LogP) is 6.11. The van der Waals surface area contributed by atoms with Crippen LogP contribution in [0.4, 0.5) is 5.82 Å². The first-order valence-corrected chi connectivity index (χ1v) is 13.1. The molecule has 3 heterocycles. The SMILES string of the molecule is CCC(CC)(NC(=O)c1cnn2c1NC(c1ccccc1)CC2(C)C)c1cnn(-c2ccccc2)c1C. The molecule has 0 aliphatic carbocycles. The summed E-state index contributed by atoms with van der Waals surface area (Å²) < 4.78 is 3.90. The highest BCUT2D eigenvalue weighted by atomic mass is 16.2. The van der Waals surface area contributed by atoms with E-state index in [9.17, 15) is 4.79 Å². The normalized spacial score (nSPS) is 16.6. The molecule has 7 nitrogen and oxygen atoms in total. The van der Waals surface area contributed by atoms with Crippen LogP contribution in [0.25, 0.3) is 5.69 Å². The number of carbonyl (C=O) groups excluding carboxylic acids is 1. The van der Waals surface area contributed by atoms with Crippen LogP contribution in [0.1, 0.15) is 80.2 Å². The molecule has 4 aromatic rings. The summed E-state index contributed by atoms with van der Waals surface area (Å²) in [6, 6.07) is 20.6. The van der Waals surface area contributed by atoms with Gasteiger partial charge in [-0.15, -0.1) is 0 Å². The zero-order valence-corrected chi connectivity index (χ0v) is 22.3. The van der Waals surface area contributed by atoms with E-state index < -0.39 is 5.54 Å². The Kier molecular flexibility index (Phi) is 6.40. The van der Waals surface area contributed by atoms with Crippen molar-refractivity contribution in [1.29, 1.82) is 0 Å². The van der Waals surface area contributed by atoms with E-state index in [-0.39, 0.29) is 17.5 Å². The van der Waals surface area contributed by atoms with E-state index >= 15 is 0 Å². The Hall–Kier alpha value is -3.87. The van der Waals surface area contributed by atoms with Crippen LogP contribution in [0, 0.1) is 6.92 Å². The van der Waals surface area contributed by atoms with E-state index in [2.05, 4.69) is 79.7 Å². The summed E-state index contributed by atoms with van der Waals surface area (Å²) in [5.41, 5.74) is 4.04. The number of rotatable bonds is 7. The minimum Gasteiger partial charge on any atom is -0.363 e. The number of carbonyl (C=O) groups is 1. The summed E-state index contributed by atoms with van der Waals surface area (Å²) in [6.45, 7) is 10.6. The third kappa shape index (κ3) is 4.32. The number of nitrogens with one attached hydrogen (secondary N) is 2. The molecule has 0 fully saturated rings. The molecule has 0 bridgehead atoms. The number of amides is 1. The van der Waals surface area contributed by atoms with Gasteiger partial charge < -0.3 is 10.6 Å². The monoisotopic (exact) mass is 496 g/mol. The van der Waals surface area contributed by atoms with Crippen LogP contribution in [-0.4, -0.2) is 25.5 Å². The van der Waals surface area contributed by atoms with Crippen molar-refractivity contribution in [3.63, 3.8) is 0 Å². The fourth-order valence-corrected chi connectivity index (χ4v) is 5.67. The molecule has 2 aromatic heterocycles. The third-order valence-electron chi connectivity index (χ3n) is 7.89. The molecule has 1 aliphatic heterocycles. The highest BCUT2D eigenvalue weighted by Gasteiger charge is 2.39. The summed E-state index contributed by atoms with van der Waals surface area (Å²) in [4.78, 5) is 13.9. The van der Waals surface area contributed by atoms with Crippen LogP contribution in [0.15, 0.2) is 73.1 Å². The molecule has 1 amide bonds. The smallest absolute Gasteiger partial charge is 0.257 e. The topological polar surface area (TPSA) is 76.8 Å². The number of anilines is 1. The van der Waals surface area contributed by atoms with Crippen LogP contribution in [0.3, 0.4) is 0 Å². The molecule has 2 N–H and O–H groups in total. The molecular formula is C30H36N6O. The van der Waals surface area contributed by atoms with Crippen molar-refractivity contribution in [2.45, 2.75) is 71.0 Å². The number of para-hydroxylation sites is 1. The van der Waals surface area contributed by atoms with Crippen molar-refractivity contribution in [2.24, 2.45) is 0 Å². The first kappa shape index (κ1) is 24.8. The maximum Gasteiger partial charge on any atom is 0.257 e. The van der Waals surface area contributed by atoms with Crippen LogP contribution < -0.4 is 10.6 Å². The van der Waals surface area contributed by atoms with Crippen molar-refractivity contribution in [3.05, 3.63) is 95.4 Å². The second-order valence-electron chi connectivity index (χ2n) is 10.6. The second kappa shape index (κ2) is 9.54. The lowest BCUT2D eigenvalue weighted by atomic mass is 9.84. The zero-order chi connectivity index (χ0) is 26.2. The van der Waals surface area contributed by atoms with Crippen LogP contribution in [-0.2, 0) is 11.1 Å². The third-order valence-corrected chi connectivity index (χ3v) is 7.89. The summed E-state index contributed by atoms with van der Waals surface area (Å²) in [7, 11) is 0. The largest absolute Gasteiger partial charge is 0.363 e. The van der Waals surface area contributed by atoms with Gasteiger partial charge in [0.1, 0.15) is 11.4 Å². The molecule has 1 unspecified atom stereocenters. The van der Waals surface area contributed by atoms with E-state index in [1.807, 2.05) is 52.0 Å². The van der Waals surface area contributed by atoms with Gasteiger partial charge in [-0.1, -0.05) is 62.4 Å². The Morgan fingerprint density at radius 1 is 1.03 bits per heavy atom. The molecule has 0 saturated heterocycles. The highest BCUT2D eigenvalue weighted by Crippen LogP contribution is 2.40. The Balaban J connectivity index is 1.48. The first-order chi connectivity index (χ1) is 17.8. The van der Waals surface area contributed by atoms with Crippen LogP contribution >= 0.6 is 0 Å². The number of hydrogen-bond donors (Lipinski definition) is 2. The maximum absolute atomic E-state index is 13.9. The van der Waals surface area contributed by atoms with Gasteiger partial charge >= 0.3 is 0 Å². The summed E-state index contributed by atoms with van der Waals surface area (Å²) in [5.74, 6) is 0.634. The molecular weight excluding hydrogens is 460 g/mol. The van der Waals surface area contributed by atoms with Crippen molar-refractivity contribution in [3.8, 4) is 5.69 Å². The standard InChI is InChI=1S/C30H36N6O/c1-6-30(7-2,25-20-31-35(21(25)3)23-16-12-9-13-17-23)34-28(37)24-19-32-36-27(24)33-26(18-29(36,4)5)22-14-10-8-11-15-22/h8-17,19-20,26,33H,6-7,18H2,1-5H3,(H,34,37). The molecule has 37 heavy (non-hydrogen) atoms. The number of fused-ring (bicyclic) bond motifs is 1. The van der Waals surface area contributed by atoms with Gasteiger partial charge in [0.05, 0.1) is 35.2 Å². The fraction of sp³-hybridized carbons (Fsp3) is 0.367. The van der Waals surface area contributed by atoms with Gasteiger partial charge in [0.15, 0.2) is 0 Å². The van der Waals surface area contributed by atoms with Gasteiger partial charge in [0, 0.05) is 11.3 Å². The van der Waals surface area contributed by atoms with E-state index in [4.69, 9.17) is 0 Å². The van der Waals surface area contributed by atoms with E-state index in [0.717, 1.165) is 42.0 Å². The van der Waals surface area contributed by atoms with Crippen LogP contribution in [0.2, 0.25) is 0 Å². The van der Waals surface area contributed by atoms with Gasteiger partial charge in [-0.25, -0.2) is 9.36 Å². The molecule has 0 saturated carbocycles. The van der Waals surface area contributed by atoms with Gasteiger partial charge in [-0.2, -0.15) is 10.2 Å². The second-order valence-corrected chi connectivity index (χ2v) is 10.6. The Labute approximate surface area is 218 Å². The zero-order valence-electron chi connectivity index (χ0n) is 22.3. The Morgan fingerprint density at radius 2 is 1.68 bits per heavy atom. The van der Waals surface area contributed by atoms with Crippen LogP contribution in [0.5, 0.6) is 0 Å². The molecule has 0 spiro atoms. The minimum absolute atomic E-state index is 0.0976. The highest BCUT2D eigenvalue weighted by molar-refractivity contribution is 5.99. The predicted molar refractivity (Wildman–Crippen MR) is 147 cm³/mol. The number of aromatic nitrogens is 4. The molecule has 7 heteroatoms. The summed E-state index contributed by atoms with van der Waals surface area (Å²) >= 11 is 0. The quantitative estimate of drug-likeness (QED) is 0.323. The number of benzene rings is 2. The molecule has 1 atom stereocenters. The lowest BCUT2D eigenvalue weighted by Gasteiger charge is -2.38. The summed E-state index contributed by atoms with van der Waals surface area (Å²) in [6.07, 6.45) is 5.95. The molecule has 2 aromatic carbocycles. The Morgan fingerprint density at radius 3 is 2.32 bits per heavy atom. The van der Waals surface area contributed by atoms with Gasteiger partial charge in [-0.3, -0.25) is 4.79 Å². The number of nitrogens with zero attached hydrogens (tertiary/aromatic N) is 4. The fourth-order valence-electron chi connectivity index (χ4n) is 5.67. The van der Waals surface area contributed by atoms with Crippen molar-refractivity contribution < 1.29 is 4.79 Å². The van der Waals surface area contributed by atoms with E-state index in [0.29, 0.717) is 5.56 Å². The average Bonchev–Trinajstić information content (AvgIpc) is 3.53. The van der Waals surface area contributed by atoms with Crippen molar-refractivity contribution in [2.75, 3.05) is 5.32 Å². The molecule has 5 rings (SSSR count).